The molecule has 19 heavy (non-hydrogen) atoms. The highest BCUT2D eigenvalue weighted by molar-refractivity contribution is 6.04. The van der Waals surface area contributed by atoms with Gasteiger partial charge in [0.1, 0.15) is 0 Å². The van der Waals surface area contributed by atoms with Crippen molar-refractivity contribution in [3.05, 3.63) is 29.6 Å². The number of amides is 1. The fourth-order valence-corrected chi connectivity index (χ4v) is 2.45. The lowest BCUT2D eigenvalue weighted by Gasteiger charge is -2.16. The maximum Gasteiger partial charge on any atom is 0.338 e. The average Bonchev–Trinajstić information content (AvgIpc) is 2.67. The van der Waals surface area contributed by atoms with Crippen LogP contribution in [0.4, 0.5) is 0 Å². The number of pyridine rings is 1. The van der Waals surface area contributed by atoms with Crippen LogP contribution in [0.1, 0.15) is 59.2 Å². The van der Waals surface area contributed by atoms with Crippen molar-refractivity contribution in [3.8, 4) is 0 Å². The topological polar surface area (TPSA) is 79.3 Å². The molecule has 1 aromatic heterocycles. The zero-order valence-electron chi connectivity index (χ0n) is 10.8. The maximum atomic E-state index is 12.1. The Labute approximate surface area is 112 Å². The van der Waals surface area contributed by atoms with Crippen LogP contribution in [0, 0.1) is 0 Å². The van der Waals surface area contributed by atoms with Crippen molar-refractivity contribution in [3.63, 3.8) is 0 Å². The van der Waals surface area contributed by atoms with E-state index in [1.54, 1.807) is 0 Å². The Morgan fingerprint density at radius 2 is 1.84 bits per heavy atom. The van der Waals surface area contributed by atoms with Crippen molar-refractivity contribution in [2.75, 3.05) is 0 Å². The molecular weight excluding hydrogens is 244 g/mol. The summed E-state index contributed by atoms with van der Waals surface area (Å²) in [5.41, 5.74) is 0.139. The fraction of sp³-hybridized carbons (Fsp3) is 0.500. The number of carbonyl (C=O) groups excluding carboxylic acids is 1. The number of hydrogen-bond acceptors (Lipinski definition) is 3. The van der Waals surface area contributed by atoms with Gasteiger partial charge in [-0.2, -0.15) is 0 Å². The van der Waals surface area contributed by atoms with E-state index in [0.29, 0.717) is 0 Å². The third-order valence-corrected chi connectivity index (χ3v) is 3.49. The van der Waals surface area contributed by atoms with Gasteiger partial charge in [-0.1, -0.05) is 25.7 Å². The van der Waals surface area contributed by atoms with Crippen LogP contribution in [0.15, 0.2) is 18.5 Å². The molecule has 1 saturated carbocycles. The first kappa shape index (κ1) is 13.5. The number of hydrogen-bond donors (Lipinski definition) is 2. The van der Waals surface area contributed by atoms with Crippen LogP contribution in [-0.2, 0) is 0 Å². The van der Waals surface area contributed by atoms with Gasteiger partial charge in [0.05, 0.1) is 11.1 Å². The molecule has 5 nitrogen and oxygen atoms in total. The molecule has 0 unspecified atom stereocenters. The van der Waals surface area contributed by atoms with E-state index in [-0.39, 0.29) is 23.1 Å². The van der Waals surface area contributed by atoms with Crippen LogP contribution in [0.3, 0.4) is 0 Å². The normalized spacial score (nSPS) is 16.6. The summed E-state index contributed by atoms with van der Waals surface area (Å²) in [6.45, 7) is 0. The minimum absolute atomic E-state index is 0.0476. The largest absolute Gasteiger partial charge is 0.478 e. The van der Waals surface area contributed by atoms with Crippen LogP contribution in [-0.4, -0.2) is 28.0 Å². The minimum Gasteiger partial charge on any atom is -0.478 e. The highest BCUT2D eigenvalue weighted by Crippen LogP contribution is 2.18. The van der Waals surface area contributed by atoms with E-state index in [1.165, 1.54) is 31.3 Å². The van der Waals surface area contributed by atoms with Crippen molar-refractivity contribution in [1.29, 1.82) is 0 Å². The molecule has 1 fully saturated rings. The summed E-state index contributed by atoms with van der Waals surface area (Å²) in [6.07, 6.45) is 9.25. The van der Waals surface area contributed by atoms with Gasteiger partial charge in [-0.25, -0.2) is 4.79 Å². The van der Waals surface area contributed by atoms with Gasteiger partial charge in [-0.3, -0.25) is 9.78 Å². The van der Waals surface area contributed by atoms with E-state index in [9.17, 15) is 9.59 Å². The fourth-order valence-electron chi connectivity index (χ4n) is 2.45. The lowest BCUT2D eigenvalue weighted by atomic mass is 10.1. The summed E-state index contributed by atoms with van der Waals surface area (Å²) < 4.78 is 0. The van der Waals surface area contributed by atoms with Gasteiger partial charge >= 0.3 is 5.97 Å². The van der Waals surface area contributed by atoms with Gasteiger partial charge in [-0.05, 0) is 18.9 Å². The molecule has 0 saturated heterocycles. The van der Waals surface area contributed by atoms with Gasteiger partial charge in [0.2, 0.25) is 0 Å². The molecule has 102 valence electrons. The van der Waals surface area contributed by atoms with Gasteiger partial charge in [0.15, 0.2) is 0 Å². The first-order chi connectivity index (χ1) is 9.18. The number of nitrogens with one attached hydrogen (secondary N) is 1. The van der Waals surface area contributed by atoms with E-state index < -0.39 is 5.97 Å². The summed E-state index contributed by atoms with van der Waals surface area (Å²) >= 11 is 0. The van der Waals surface area contributed by atoms with Crippen molar-refractivity contribution in [1.82, 2.24) is 10.3 Å². The molecule has 0 aliphatic heterocycles. The number of carboxylic acid groups (broad SMARTS) is 1. The lowest BCUT2D eigenvalue weighted by Crippen LogP contribution is -2.35. The van der Waals surface area contributed by atoms with Crippen LogP contribution in [0.5, 0.6) is 0 Å². The summed E-state index contributed by atoms with van der Waals surface area (Å²) in [5, 5.41) is 12.0. The van der Waals surface area contributed by atoms with Gasteiger partial charge in [-0.15, -0.1) is 0 Å². The number of rotatable bonds is 3. The molecule has 1 aliphatic carbocycles. The third kappa shape index (κ3) is 3.53. The van der Waals surface area contributed by atoms with E-state index in [2.05, 4.69) is 10.3 Å². The number of carboxylic acids is 1. The highest BCUT2D eigenvalue weighted by atomic mass is 16.4. The number of nitrogens with zero attached hydrogens (tertiary/aromatic N) is 1. The van der Waals surface area contributed by atoms with Crippen LogP contribution >= 0.6 is 0 Å². The molecule has 1 amide bonds. The summed E-state index contributed by atoms with van der Waals surface area (Å²) in [4.78, 5) is 27.0. The Balaban J connectivity index is 2.09. The Morgan fingerprint density at radius 1 is 1.16 bits per heavy atom. The Kier molecular flexibility index (Phi) is 4.49. The molecule has 2 rings (SSSR count). The summed E-state index contributed by atoms with van der Waals surface area (Å²) in [7, 11) is 0. The second-order valence-corrected chi connectivity index (χ2v) is 4.89. The summed E-state index contributed by atoms with van der Waals surface area (Å²) in [6, 6.07) is 1.61. The zero-order valence-corrected chi connectivity index (χ0v) is 10.8. The Bertz CT molecular complexity index is 466. The molecule has 0 radical (unpaired) electrons. The first-order valence-corrected chi connectivity index (χ1v) is 6.66. The first-order valence-electron chi connectivity index (χ1n) is 6.66. The summed E-state index contributed by atoms with van der Waals surface area (Å²) in [5.74, 6) is -1.44. The molecule has 1 heterocycles. The smallest absolute Gasteiger partial charge is 0.338 e. The molecular formula is C14H18N2O3. The molecule has 0 bridgehead atoms. The van der Waals surface area contributed by atoms with Crippen LogP contribution in [0.25, 0.3) is 0 Å². The molecule has 0 spiro atoms. The Hall–Kier alpha value is -1.91. The molecule has 0 aromatic carbocycles. The third-order valence-electron chi connectivity index (χ3n) is 3.49. The van der Waals surface area contributed by atoms with Crippen LogP contribution < -0.4 is 5.32 Å². The monoisotopic (exact) mass is 262 g/mol. The predicted octanol–water partition coefficient (Wildman–Crippen LogP) is 2.23. The molecule has 2 N–H and O–H groups in total. The minimum atomic E-state index is -1.13. The maximum absolute atomic E-state index is 12.1. The molecule has 1 aromatic rings. The van der Waals surface area contributed by atoms with Crippen LogP contribution in [0.2, 0.25) is 0 Å². The SMILES string of the molecule is O=C(O)c1cnccc1C(=O)NC1CCCCCC1. The lowest BCUT2D eigenvalue weighted by molar-refractivity contribution is 0.0690. The molecule has 1 aliphatic rings. The predicted molar refractivity (Wildman–Crippen MR) is 70.2 cm³/mol. The number of aromatic nitrogens is 1. The van der Waals surface area contributed by atoms with Crippen molar-refractivity contribution in [2.24, 2.45) is 0 Å². The van der Waals surface area contributed by atoms with Crippen molar-refractivity contribution in [2.45, 2.75) is 44.6 Å². The number of aromatic carboxylic acids is 1. The molecule has 0 atom stereocenters. The highest BCUT2D eigenvalue weighted by Gasteiger charge is 2.20. The Morgan fingerprint density at radius 3 is 2.47 bits per heavy atom. The van der Waals surface area contributed by atoms with Crippen molar-refractivity contribution < 1.29 is 14.7 Å². The van der Waals surface area contributed by atoms with Gasteiger partial charge in [0, 0.05) is 18.4 Å². The van der Waals surface area contributed by atoms with E-state index in [0.717, 1.165) is 25.7 Å². The van der Waals surface area contributed by atoms with Crippen molar-refractivity contribution >= 4 is 11.9 Å². The number of carbonyl (C=O) groups is 2. The second kappa shape index (κ2) is 6.31. The standard InChI is InChI=1S/C14H18N2O3/c17-13(16-10-5-3-1-2-4-6-10)11-7-8-15-9-12(11)14(18)19/h7-10H,1-6H2,(H,16,17)(H,18,19). The van der Waals surface area contributed by atoms with E-state index in [1.807, 2.05) is 0 Å². The average molecular weight is 262 g/mol. The van der Waals surface area contributed by atoms with E-state index >= 15 is 0 Å². The van der Waals surface area contributed by atoms with Gasteiger partial charge in [0.25, 0.3) is 5.91 Å². The zero-order chi connectivity index (χ0) is 13.7. The van der Waals surface area contributed by atoms with E-state index in [4.69, 9.17) is 5.11 Å². The van der Waals surface area contributed by atoms with Gasteiger partial charge < -0.3 is 10.4 Å². The second-order valence-electron chi connectivity index (χ2n) is 4.89. The molecule has 5 heteroatoms. The quantitative estimate of drug-likeness (QED) is 0.819.